The highest BCUT2D eigenvalue weighted by Gasteiger charge is 2.16. The van der Waals surface area contributed by atoms with E-state index in [9.17, 15) is 0 Å². The van der Waals surface area contributed by atoms with E-state index in [2.05, 4.69) is 25.4 Å². The lowest BCUT2D eigenvalue weighted by Crippen LogP contribution is -2.05. The fourth-order valence-corrected chi connectivity index (χ4v) is 1.32. The van der Waals surface area contributed by atoms with Gasteiger partial charge in [-0.3, -0.25) is 0 Å². The lowest BCUT2D eigenvalue weighted by atomic mass is 10.2. The molecule has 0 aliphatic heterocycles. The van der Waals surface area contributed by atoms with Gasteiger partial charge in [-0.25, -0.2) is 9.97 Å². The van der Waals surface area contributed by atoms with Gasteiger partial charge in [-0.05, 0) is 6.92 Å². The minimum Gasteiger partial charge on any atom is -0.383 e. The van der Waals surface area contributed by atoms with Crippen molar-refractivity contribution in [3.05, 3.63) is 12.2 Å². The second-order valence-corrected chi connectivity index (χ2v) is 3.15. The Hall–Kier alpha value is -2.18. The Morgan fingerprint density at radius 3 is 2.88 bits per heavy atom. The van der Waals surface area contributed by atoms with Gasteiger partial charge in [0.05, 0.1) is 0 Å². The number of nitrogens with two attached hydrogens (primary N) is 1. The Labute approximate surface area is 92.1 Å². The molecule has 2 aromatic rings. The van der Waals surface area contributed by atoms with Gasteiger partial charge in [0.25, 0.3) is 0 Å². The maximum absolute atomic E-state index is 5.78. The molecule has 0 radical (unpaired) electrons. The number of nitrogens with zero attached hydrogens (tertiary/aromatic N) is 4. The Bertz CT molecular complexity index is 494. The molecule has 84 valence electrons. The van der Waals surface area contributed by atoms with Crippen LogP contribution in [0.25, 0.3) is 11.4 Å². The molecule has 0 aliphatic carbocycles. The monoisotopic (exact) mass is 220 g/mol. The summed E-state index contributed by atoms with van der Waals surface area (Å²) in [6.07, 6.45) is 1.39. The first-order valence-electron chi connectivity index (χ1n) is 4.87. The molecule has 2 heterocycles. The zero-order valence-electron chi connectivity index (χ0n) is 9.06. The highest BCUT2D eigenvalue weighted by Crippen LogP contribution is 2.27. The zero-order valence-corrected chi connectivity index (χ0v) is 9.06. The van der Waals surface area contributed by atoms with Gasteiger partial charge >= 0.3 is 0 Å². The second-order valence-electron chi connectivity index (χ2n) is 3.15. The maximum Gasteiger partial charge on any atom is 0.223 e. The van der Waals surface area contributed by atoms with Crippen LogP contribution in [0.2, 0.25) is 0 Å². The van der Waals surface area contributed by atoms with Crippen molar-refractivity contribution in [3.63, 3.8) is 0 Å². The number of nitrogens with one attached hydrogen (secondary N) is 1. The van der Waals surface area contributed by atoms with Gasteiger partial charge in [-0.2, -0.15) is 4.98 Å². The van der Waals surface area contributed by atoms with E-state index in [0.29, 0.717) is 28.9 Å². The number of aromatic nitrogens is 4. The fraction of sp³-hybridized carbons (Fsp3) is 0.333. The van der Waals surface area contributed by atoms with E-state index in [1.165, 1.54) is 6.33 Å². The summed E-state index contributed by atoms with van der Waals surface area (Å²) in [5.74, 6) is 1.80. The predicted octanol–water partition coefficient (Wildman–Crippen LogP) is 0.849. The van der Waals surface area contributed by atoms with Crippen molar-refractivity contribution < 1.29 is 4.52 Å². The first-order valence-corrected chi connectivity index (χ1v) is 4.87. The normalized spacial score (nSPS) is 10.4. The van der Waals surface area contributed by atoms with Crippen molar-refractivity contribution in [1.29, 1.82) is 0 Å². The highest BCUT2D eigenvalue weighted by molar-refractivity contribution is 5.79. The summed E-state index contributed by atoms with van der Waals surface area (Å²) in [7, 11) is 0. The maximum atomic E-state index is 5.78. The van der Waals surface area contributed by atoms with Crippen LogP contribution in [0.3, 0.4) is 0 Å². The van der Waals surface area contributed by atoms with Crippen molar-refractivity contribution >= 4 is 11.6 Å². The first-order chi connectivity index (χ1) is 7.72. The number of anilines is 2. The number of hydrogen-bond acceptors (Lipinski definition) is 7. The average Bonchev–Trinajstić information content (AvgIpc) is 2.65. The van der Waals surface area contributed by atoms with Crippen LogP contribution >= 0.6 is 0 Å². The number of aryl methyl sites for hydroxylation is 1. The Kier molecular flexibility index (Phi) is 2.67. The molecular weight excluding hydrogens is 208 g/mol. The molecule has 0 atom stereocenters. The van der Waals surface area contributed by atoms with Crippen molar-refractivity contribution in [2.75, 3.05) is 17.6 Å². The number of rotatable bonds is 3. The third kappa shape index (κ3) is 1.79. The van der Waals surface area contributed by atoms with Gasteiger partial charge in [-0.1, -0.05) is 5.16 Å². The van der Waals surface area contributed by atoms with Crippen molar-refractivity contribution in [1.82, 2.24) is 20.1 Å². The van der Waals surface area contributed by atoms with Crippen LogP contribution in [0.15, 0.2) is 10.9 Å². The molecular formula is C9H12N6O. The molecule has 0 saturated carbocycles. The quantitative estimate of drug-likeness (QED) is 0.790. The molecule has 16 heavy (non-hydrogen) atoms. The summed E-state index contributed by atoms with van der Waals surface area (Å²) in [4.78, 5) is 12.1. The van der Waals surface area contributed by atoms with E-state index in [1.807, 2.05) is 6.92 Å². The van der Waals surface area contributed by atoms with Gasteiger partial charge in [0.1, 0.15) is 23.5 Å². The Balaban J connectivity index is 2.53. The smallest absolute Gasteiger partial charge is 0.223 e. The first kappa shape index (κ1) is 10.3. The van der Waals surface area contributed by atoms with Gasteiger partial charge in [0.2, 0.25) is 11.7 Å². The van der Waals surface area contributed by atoms with Crippen LogP contribution in [0, 0.1) is 6.92 Å². The topological polar surface area (TPSA) is 103 Å². The SMILES string of the molecule is CCNc1ncnc(N)c1-c1noc(C)n1. The van der Waals surface area contributed by atoms with Crippen LogP contribution in [0.1, 0.15) is 12.8 Å². The largest absolute Gasteiger partial charge is 0.383 e. The molecule has 0 unspecified atom stereocenters. The van der Waals surface area contributed by atoms with E-state index in [4.69, 9.17) is 10.3 Å². The number of hydrogen-bond donors (Lipinski definition) is 2. The molecule has 2 aromatic heterocycles. The van der Waals surface area contributed by atoms with E-state index < -0.39 is 0 Å². The predicted molar refractivity (Wildman–Crippen MR) is 58.6 cm³/mol. The number of nitrogen functional groups attached to an aromatic ring is 1. The summed E-state index contributed by atoms with van der Waals surface area (Å²) in [6, 6.07) is 0. The molecule has 0 aliphatic rings. The second kappa shape index (κ2) is 4.13. The average molecular weight is 220 g/mol. The van der Waals surface area contributed by atoms with Crippen LogP contribution < -0.4 is 11.1 Å². The van der Waals surface area contributed by atoms with Crippen LogP contribution in [0.5, 0.6) is 0 Å². The summed E-state index contributed by atoms with van der Waals surface area (Å²) in [5, 5.41) is 6.88. The van der Waals surface area contributed by atoms with E-state index in [-0.39, 0.29) is 0 Å². The minimum atomic E-state index is 0.326. The summed E-state index contributed by atoms with van der Waals surface area (Å²) >= 11 is 0. The molecule has 0 saturated heterocycles. The van der Waals surface area contributed by atoms with Gasteiger partial charge in [-0.15, -0.1) is 0 Å². The van der Waals surface area contributed by atoms with Crippen molar-refractivity contribution in [2.45, 2.75) is 13.8 Å². The summed E-state index contributed by atoms with van der Waals surface area (Å²) in [5.41, 5.74) is 6.35. The van der Waals surface area contributed by atoms with Gasteiger partial charge < -0.3 is 15.6 Å². The Morgan fingerprint density at radius 2 is 2.25 bits per heavy atom. The van der Waals surface area contributed by atoms with Crippen LogP contribution in [0.4, 0.5) is 11.6 Å². The zero-order chi connectivity index (χ0) is 11.5. The summed E-state index contributed by atoms with van der Waals surface area (Å²) in [6.45, 7) is 4.40. The summed E-state index contributed by atoms with van der Waals surface area (Å²) < 4.78 is 4.91. The van der Waals surface area contributed by atoms with E-state index in [1.54, 1.807) is 6.92 Å². The van der Waals surface area contributed by atoms with Gasteiger partial charge in [0, 0.05) is 13.5 Å². The molecule has 7 heteroatoms. The fourth-order valence-electron chi connectivity index (χ4n) is 1.32. The lowest BCUT2D eigenvalue weighted by molar-refractivity contribution is 0.394. The van der Waals surface area contributed by atoms with Crippen LogP contribution in [-0.2, 0) is 0 Å². The van der Waals surface area contributed by atoms with Crippen molar-refractivity contribution in [3.8, 4) is 11.4 Å². The minimum absolute atomic E-state index is 0.326. The molecule has 0 bridgehead atoms. The van der Waals surface area contributed by atoms with Crippen LogP contribution in [-0.4, -0.2) is 26.7 Å². The van der Waals surface area contributed by atoms with E-state index >= 15 is 0 Å². The third-order valence-electron chi connectivity index (χ3n) is 1.97. The molecule has 0 spiro atoms. The third-order valence-corrected chi connectivity index (χ3v) is 1.97. The standard InChI is InChI=1S/C9H12N6O/c1-3-11-8-6(7(10)12-4-13-8)9-14-5(2)16-15-9/h4H,3H2,1-2H3,(H3,10,11,12,13). The molecule has 7 nitrogen and oxygen atoms in total. The molecule has 0 amide bonds. The van der Waals surface area contributed by atoms with Gasteiger partial charge in [0.15, 0.2) is 0 Å². The Morgan fingerprint density at radius 1 is 1.44 bits per heavy atom. The lowest BCUT2D eigenvalue weighted by Gasteiger charge is -2.07. The van der Waals surface area contributed by atoms with E-state index in [0.717, 1.165) is 6.54 Å². The molecule has 2 rings (SSSR count). The molecule has 0 fully saturated rings. The molecule has 3 N–H and O–H groups in total. The molecule has 0 aromatic carbocycles. The van der Waals surface area contributed by atoms with Crippen molar-refractivity contribution in [2.24, 2.45) is 0 Å². The highest BCUT2D eigenvalue weighted by atomic mass is 16.5.